The molecule has 0 aromatic carbocycles. The van der Waals surface area contributed by atoms with Gasteiger partial charge in [-0.05, 0) is 41.6 Å². The minimum absolute atomic E-state index is 0.379. The van der Waals surface area contributed by atoms with Crippen LogP contribution in [0.2, 0.25) is 0 Å². The lowest BCUT2D eigenvalue weighted by molar-refractivity contribution is 0.203. The van der Waals surface area contributed by atoms with Crippen LogP contribution < -0.4 is 0 Å². The average Bonchev–Trinajstić information content (AvgIpc) is 2.68. The number of aromatic nitrogens is 1. The molecular weight excluding hydrogens is 194 g/mol. The second kappa shape index (κ2) is 3.90. The second-order valence-corrected chi connectivity index (χ2v) is 4.09. The van der Waals surface area contributed by atoms with Crippen LogP contribution in [-0.2, 0) is 0 Å². The number of aliphatic hydroxyl groups excluding tert-OH is 1. The third-order valence-corrected chi connectivity index (χ3v) is 3.15. The Balaban J connectivity index is 2.34. The van der Waals surface area contributed by atoms with Crippen molar-refractivity contribution >= 4 is 11.3 Å². The van der Waals surface area contributed by atoms with Crippen LogP contribution in [0.4, 0.5) is 0 Å². The standard InChI is InChI=1S/C11H11NOS/c1-8(13)11-6-10(7-14-11)9-2-4-12-5-3-9/h2-8,13H,1H3. The quantitative estimate of drug-likeness (QED) is 0.817. The van der Waals surface area contributed by atoms with E-state index in [1.165, 1.54) is 0 Å². The van der Waals surface area contributed by atoms with E-state index in [1.54, 1.807) is 30.7 Å². The summed E-state index contributed by atoms with van der Waals surface area (Å²) >= 11 is 1.58. The van der Waals surface area contributed by atoms with Gasteiger partial charge >= 0.3 is 0 Å². The summed E-state index contributed by atoms with van der Waals surface area (Å²) in [5.41, 5.74) is 2.29. The molecule has 2 aromatic rings. The molecule has 14 heavy (non-hydrogen) atoms. The zero-order valence-corrected chi connectivity index (χ0v) is 8.66. The fraction of sp³-hybridized carbons (Fsp3) is 0.182. The molecule has 0 saturated heterocycles. The molecule has 2 aromatic heterocycles. The second-order valence-electron chi connectivity index (χ2n) is 3.15. The molecular formula is C11H11NOS. The summed E-state index contributed by atoms with van der Waals surface area (Å²) in [6.07, 6.45) is 3.17. The van der Waals surface area contributed by atoms with Crippen molar-refractivity contribution < 1.29 is 5.11 Å². The lowest BCUT2D eigenvalue weighted by atomic mass is 10.1. The maximum atomic E-state index is 9.38. The summed E-state index contributed by atoms with van der Waals surface area (Å²) < 4.78 is 0. The third-order valence-electron chi connectivity index (χ3n) is 2.05. The van der Waals surface area contributed by atoms with Crippen molar-refractivity contribution in [1.82, 2.24) is 4.98 Å². The highest BCUT2D eigenvalue weighted by Gasteiger charge is 2.05. The molecule has 0 radical (unpaired) electrons. The van der Waals surface area contributed by atoms with Crippen molar-refractivity contribution in [2.24, 2.45) is 0 Å². The maximum Gasteiger partial charge on any atom is 0.0854 e. The molecule has 2 heterocycles. The van der Waals surface area contributed by atoms with E-state index in [2.05, 4.69) is 10.4 Å². The van der Waals surface area contributed by atoms with Gasteiger partial charge in [-0.2, -0.15) is 0 Å². The largest absolute Gasteiger partial charge is 0.388 e. The van der Waals surface area contributed by atoms with Crippen molar-refractivity contribution in [3.8, 4) is 11.1 Å². The van der Waals surface area contributed by atoms with Crippen LogP contribution in [0, 0.1) is 0 Å². The highest BCUT2D eigenvalue weighted by molar-refractivity contribution is 7.10. The molecule has 0 bridgehead atoms. The Morgan fingerprint density at radius 3 is 2.57 bits per heavy atom. The van der Waals surface area contributed by atoms with E-state index >= 15 is 0 Å². The molecule has 0 amide bonds. The molecule has 72 valence electrons. The lowest BCUT2D eigenvalue weighted by Gasteiger charge is -1.97. The van der Waals surface area contributed by atoms with Crippen LogP contribution in [0.1, 0.15) is 17.9 Å². The van der Waals surface area contributed by atoms with Gasteiger partial charge < -0.3 is 5.11 Å². The first-order valence-corrected chi connectivity index (χ1v) is 5.32. The van der Waals surface area contributed by atoms with E-state index in [4.69, 9.17) is 0 Å². The Bertz CT molecular complexity index is 408. The van der Waals surface area contributed by atoms with E-state index in [0.29, 0.717) is 0 Å². The van der Waals surface area contributed by atoms with Crippen LogP contribution in [0.25, 0.3) is 11.1 Å². The minimum atomic E-state index is -0.379. The molecule has 0 aliphatic carbocycles. The van der Waals surface area contributed by atoms with Gasteiger partial charge in [0, 0.05) is 17.3 Å². The Morgan fingerprint density at radius 1 is 1.29 bits per heavy atom. The first kappa shape index (κ1) is 9.37. The number of nitrogens with zero attached hydrogens (tertiary/aromatic N) is 1. The van der Waals surface area contributed by atoms with Crippen molar-refractivity contribution in [1.29, 1.82) is 0 Å². The fourth-order valence-electron chi connectivity index (χ4n) is 1.27. The van der Waals surface area contributed by atoms with Crippen LogP contribution in [-0.4, -0.2) is 10.1 Å². The van der Waals surface area contributed by atoms with Crippen LogP contribution in [0.3, 0.4) is 0 Å². The topological polar surface area (TPSA) is 33.1 Å². The van der Waals surface area contributed by atoms with Crippen molar-refractivity contribution in [3.63, 3.8) is 0 Å². The van der Waals surface area contributed by atoms with Gasteiger partial charge in [0.2, 0.25) is 0 Å². The summed E-state index contributed by atoms with van der Waals surface area (Å²) in [6, 6.07) is 5.95. The molecule has 0 spiro atoms. The minimum Gasteiger partial charge on any atom is -0.388 e. The molecule has 3 heteroatoms. The molecule has 1 atom stereocenters. The normalized spacial score (nSPS) is 12.7. The first-order chi connectivity index (χ1) is 6.77. The van der Waals surface area contributed by atoms with Crippen LogP contribution in [0.15, 0.2) is 36.0 Å². The van der Waals surface area contributed by atoms with E-state index < -0.39 is 0 Å². The molecule has 0 aliphatic rings. The van der Waals surface area contributed by atoms with Gasteiger partial charge in [0.15, 0.2) is 0 Å². The van der Waals surface area contributed by atoms with E-state index in [9.17, 15) is 5.11 Å². The number of hydrogen-bond donors (Lipinski definition) is 1. The molecule has 2 nitrogen and oxygen atoms in total. The highest BCUT2D eigenvalue weighted by atomic mass is 32.1. The van der Waals surface area contributed by atoms with Gasteiger partial charge in [-0.3, -0.25) is 4.98 Å². The molecule has 0 fully saturated rings. The predicted octanol–water partition coefficient (Wildman–Crippen LogP) is 2.86. The number of thiophene rings is 1. The van der Waals surface area contributed by atoms with Gasteiger partial charge in [-0.1, -0.05) is 0 Å². The Hall–Kier alpha value is -1.19. The summed E-state index contributed by atoms with van der Waals surface area (Å²) in [4.78, 5) is 4.96. The van der Waals surface area contributed by atoms with Gasteiger partial charge in [-0.25, -0.2) is 0 Å². The number of aliphatic hydroxyl groups is 1. The Morgan fingerprint density at radius 2 is 2.00 bits per heavy atom. The highest BCUT2D eigenvalue weighted by Crippen LogP contribution is 2.28. The van der Waals surface area contributed by atoms with Gasteiger partial charge in [0.25, 0.3) is 0 Å². The van der Waals surface area contributed by atoms with Gasteiger partial charge in [-0.15, -0.1) is 11.3 Å². The SMILES string of the molecule is CC(O)c1cc(-c2ccncc2)cs1. The summed E-state index contributed by atoms with van der Waals surface area (Å²) in [6.45, 7) is 1.78. The Labute approximate surface area is 86.9 Å². The van der Waals surface area contributed by atoms with Crippen molar-refractivity contribution in [2.45, 2.75) is 13.0 Å². The van der Waals surface area contributed by atoms with Crippen LogP contribution in [0.5, 0.6) is 0 Å². The molecule has 2 rings (SSSR count). The van der Waals surface area contributed by atoms with Gasteiger partial charge in [0.1, 0.15) is 0 Å². The molecule has 0 aliphatic heterocycles. The number of hydrogen-bond acceptors (Lipinski definition) is 3. The lowest BCUT2D eigenvalue weighted by Crippen LogP contribution is -1.84. The smallest absolute Gasteiger partial charge is 0.0854 e. The predicted molar refractivity (Wildman–Crippen MR) is 58.2 cm³/mol. The Kier molecular flexibility index (Phi) is 2.61. The number of rotatable bonds is 2. The third kappa shape index (κ3) is 1.84. The summed E-state index contributed by atoms with van der Waals surface area (Å²) in [7, 11) is 0. The number of pyridine rings is 1. The average molecular weight is 205 g/mol. The fourth-order valence-corrected chi connectivity index (χ4v) is 2.13. The van der Waals surface area contributed by atoms with E-state index in [1.807, 2.05) is 18.2 Å². The maximum absolute atomic E-state index is 9.38. The van der Waals surface area contributed by atoms with E-state index in [-0.39, 0.29) is 6.10 Å². The first-order valence-electron chi connectivity index (χ1n) is 4.44. The van der Waals surface area contributed by atoms with Crippen molar-refractivity contribution in [3.05, 3.63) is 40.8 Å². The van der Waals surface area contributed by atoms with Crippen molar-refractivity contribution in [2.75, 3.05) is 0 Å². The summed E-state index contributed by atoms with van der Waals surface area (Å²) in [5.74, 6) is 0. The van der Waals surface area contributed by atoms with E-state index in [0.717, 1.165) is 16.0 Å². The molecule has 1 unspecified atom stereocenters. The molecule has 0 saturated carbocycles. The van der Waals surface area contributed by atoms with Gasteiger partial charge in [0.05, 0.1) is 6.10 Å². The molecule has 1 N–H and O–H groups in total. The zero-order valence-electron chi connectivity index (χ0n) is 7.84. The van der Waals surface area contributed by atoms with Crippen LogP contribution >= 0.6 is 11.3 Å². The summed E-state index contributed by atoms with van der Waals surface area (Å²) in [5, 5.41) is 11.4. The monoisotopic (exact) mass is 205 g/mol. The zero-order chi connectivity index (χ0) is 9.97.